The number of nitrogens with zero attached hydrogens (tertiary/aromatic N) is 1. The van der Waals surface area contributed by atoms with Gasteiger partial charge in [0.05, 0.1) is 26.5 Å². The highest BCUT2D eigenvalue weighted by molar-refractivity contribution is 5.94. The fourth-order valence-electron chi connectivity index (χ4n) is 2.30. The van der Waals surface area contributed by atoms with Gasteiger partial charge in [-0.15, -0.1) is 0 Å². The number of ether oxygens (including phenoxy) is 2. The number of benzene rings is 1. The topological polar surface area (TPSA) is 97.1 Å². The third-order valence-electron chi connectivity index (χ3n) is 3.48. The summed E-state index contributed by atoms with van der Waals surface area (Å²) in [4.78, 5) is 16.3. The van der Waals surface area contributed by atoms with Crippen molar-refractivity contribution in [1.29, 1.82) is 0 Å². The lowest BCUT2D eigenvalue weighted by atomic mass is 10.2. The molecule has 0 aliphatic rings. The molecule has 1 heterocycles. The molecule has 0 unspecified atom stereocenters. The van der Waals surface area contributed by atoms with Crippen molar-refractivity contribution in [3.8, 4) is 11.5 Å². The number of amides is 1. The van der Waals surface area contributed by atoms with Gasteiger partial charge in [0.15, 0.2) is 23.2 Å². The second kappa shape index (κ2) is 10.7. The zero-order chi connectivity index (χ0) is 19.5. The van der Waals surface area contributed by atoms with E-state index < -0.39 is 0 Å². The molecule has 0 saturated heterocycles. The molecule has 0 radical (unpaired) electrons. The molecule has 8 heteroatoms. The first-order valence-corrected chi connectivity index (χ1v) is 8.85. The van der Waals surface area contributed by atoms with Crippen LogP contribution in [-0.4, -0.2) is 45.2 Å². The highest BCUT2D eigenvalue weighted by Crippen LogP contribution is 2.30. The van der Waals surface area contributed by atoms with E-state index in [9.17, 15) is 4.79 Å². The van der Waals surface area contributed by atoms with Gasteiger partial charge < -0.3 is 29.8 Å². The summed E-state index contributed by atoms with van der Waals surface area (Å²) in [6.45, 7) is 5.96. The van der Waals surface area contributed by atoms with E-state index in [0.29, 0.717) is 43.7 Å². The number of hydrogen-bond donors (Lipinski definition) is 3. The molecule has 1 aromatic heterocycles. The number of methoxy groups -OCH3 is 1. The van der Waals surface area contributed by atoms with Crippen molar-refractivity contribution in [2.75, 3.05) is 38.7 Å². The highest BCUT2D eigenvalue weighted by Gasteiger charge is 2.08. The van der Waals surface area contributed by atoms with Crippen molar-refractivity contribution < 1.29 is 18.7 Å². The van der Waals surface area contributed by atoms with Crippen LogP contribution < -0.4 is 25.4 Å². The Hall–Kier alpha value is -3.16. The van der Waals surface area contributed by atoms with Crippen molar-refractivity contribution >= 4 is 17.6 Å². The summed E-state index contributed by atoms with van der Waals surface area (Å²) in [5.41, 5.74) is 0.818. The van der Waals surface area contributed by atoms with E-state index in [4.69, 9.17) is 13.9 Å². The number of guanidine groups is 1. The van der Waals surface area contributed by atoms with Crippen LogP contribution in [0.15, 0.2) is 46.0 Å². The minimum Gasteiger partial charge on any atom is -0.493 e. The van der Waals surface area contributed by atoms with Crippen molar-refractivity contribution in [2.45, 2.75) is 13.8 Å². The Morgan fingerprint density at radius 2 is 2.04 bits per heavy atom. The SMILES string of the molecule is CCNC(=NCCNC(=O)c1ccco1)Nc1ccc(OC)c(OCC)c1. The summed E-state index contributed by atoms with van der Waals surface area (Å²) in [6, 6.07) is 8.86. The molecular formula is C19H26N4O4. The number of nitrogens with one attached hydrogen (secondary N) is 3. The first kappa shape index (κ1) is 20.2. The zero-order valence-electron chi connectivity index (χ0n) is 15.9. The van der Waals surface area contributed by atoms with Crippen LogP contribution in [0.5, 0.6) is 11.5 Å². The second-order valence-electron chi connectivity index (χ2n) is 5.42. The van der Waals surface area contributed by atoms with Gasteiger partial charge >= 0.3 is 0 Å². The van der Waals surface area contributed by atoms with Gasteiger partial charge in [-0.1, -0.05) is 0 Å². The fourth-order valence-corrected chi connectivity index (χ4v) is 2.30. The summed E-state index contributed by atoms with van der Waals surface area (Å²) in [5.74, 6) is 1.96. The number of hydrogen-bond acceptors (Lipinski definition) is 5. The van der Waals surface area contributed by atoms with E-state index in [2.05, 4.69) is 20.9 Å². The molecule has 0 spiro atoms. The Morgan fingerprint density at radius 1 is 1.19 bits per heavy atom. The summed E-state index contributed by atoms with van der Waals surface area (Å²) in [5, 5.41) is 9.14. The van der Waals surface area contributed by atoms with Gasteiger partial charge in [-0.25, -0.2) is 0 Å². The highest BCUT2D eigenvalue weighted by atomic mass is 16.5. The molecule has 0 bridgehead atoms. The van der Waals surface area contributed by atoms with E-state index >= 15 is 0 Å². The standard InChI is InChI=1S/C19H26N4O4/c1-4-20-19(22-11-10-21-18(24)16-7-6-12-27-16)23-14-8-9-15(25-3)17(13-14)26-5-2/h6-9,12-13H,4-5,10-11H2,1-3H3,(H,21,24)(H2,20,22,23). The Labute approximate surface area is 159 Å². The molecule has 2 aromatic rings. The van der Waals surface area contributed by atoms with Crippen molar-refractivity contribution in [1.82, 2.24) is 10.6 Å². The van der Waals surface area contributed by atoms with Crippen LogP contribution in [0.25, 0.3) is 0 Å². The maximum absolute atomic E-state index is 11.8. The maximum atomic E-state index is 11.8. The summed E-state index contributed by atoms with van der Waals surface area (Å²) in [6.07, 6.45) is 1.46. The monoisotopic (exact) mass is 374 g/mol. The molecule has 2 rings (SSSR count). The van der Waals surface area contributed by atoms with Gasteiger partial charge in [0.1, 0.15) is 0 Å². The number of carbonyl (C=O) groups is 1. The number of carbonyl (C=O) groups excluding carboxylic acids is 1. The Morgan fingerprint density at radius 3 is 2.70 bits per heavy atom. The van der Waals surface area contributed by atoms with Crippen molar-refractivity contribution in [2.24, 2.45) is 4.99 Å². The summed E-state index contributed by atoms with van der Waals surface area (Å²) in [7, 11) is 1.60. The van der Waals surface area contributed by atoms with E-state index in [1.807, 2.05) is 32.0 Å². The normalized spacial score (nSPS) is 11.0. The van der Waals surface area contributed by atoms with Crippen molar-refractivity contribution in [3.63, 3.8) is 0 Å². The second-order valence-corrected chi connectivity index (χ2v) is 5.42. The smallest absolute Gasteiger partial charge is 0.287 e. The average molecular weight is 374 g/mol. The van der Waals surface area contributed by atoms with Gasteiger partial charge in [-0.05, 0) is 38.1 Å². The number of rotatable bonds is 9. The lowest BCUT2D eigenvalue weighted by Crippen LogP contribution is -2.32. The molecule has 0 fully saturated rings. The van der Waals surface area contributed by atoms with Crippen LogP contribution >= 0.6 is 0 Å². The molecule has 0 aliphatic carbocycles. The summed E-state index contributed by atoms with van der Waals surface area (Å²) < 4.78 is 15.9. The van der Waals surface area contributed by atoms with Gasteiger partial charge in [0, 0.05) is 24.8 Å². The Bertz CT molecular complexity index is 744. The molecule has 0 aliphatic heterocycles. The molecule has 1 amide bonds. The fraction of sp³-hybridized carbons (Fsp3) is 0.368. The first-order valence-electron chi connectivity index (χ1n) is 8.85. The number of anilines is 1. The predicted molar refractivity (Wildman–Crippen MR) is 105 cm³/mol. The molecule has 8 nitrogen and oxygen atoms in total. The zero-order valence-corrected chi connectivity index (χ0v) is 15.9. The van der Waals surface area contributed by atoms with Crippen LogP contribution in [0.3, 0.4) is 0 Å². The van der Waals surface area contributed by atoms with Crippen LogP contribution in [0.4, 0.5) is 5.69 Å². The first-order chi connectivity index (χ1) is 13.2. The quantitative estimate of drug-likeness (QED) is 0.354. The molecule has 27 heavy (non-hydrogen) atoms. The lowest BCUT2D eigenvalue weighted by molar-refractivity contribution is 0.0927. The van der Waals surface area contributed by atoms with Crippen molar-refractivity contribution in [3.05, 3.63) is 42.4 Å². The van der Waals surface area contributed by atoms with Crippen LogP contribution in [0, 0.1) is 0 Å². The molecule has 0 saturated carbocycles. The largest absolute Gasteiger partial charge is 0.493 e. The van der Waals surface area contributed by atoms with E-state index in [1.165, 1.54) is 6.26 Å². The van der Waals surface area contributed by atoms with Crippen LogP contribution in [0.1, 0.15) is 24.4 Å². The van der Waals surface area contributed by atoms with E-state index in [0.717, 1.165) is 5.69 Å². The van der Waals surface area contributed by atoms with Crippen LogP contribution in [-0.2, 0) is 0 Å². The summed E-state index contributed by atoms with van der Waals surface area (Å²) >= 11 is 0. The third kappa shape index (κ3) is 6.25. The average Bonchev–Trinajstić information content (AvgIpc) is 3.20. The minimum atomic E-state index is -0.260. The number of furan rings is 1. The molecule has 1 aromatic carbocycles. The predicted octanol–water partition coefficient (Wildman–Crippen LogP) is 2.49. The Balaban J connectivity index is 1.94. The minimum absolute atomic E-state index is 0.260. The Kier molecular flexibility index (Phi) is 8.02. The number of aliphatic imine (C=N–C) groups is 1. The maximum Gasteiger partial charge on any atom is 0.287 e. The van der Waals surface area contributed by atoms with E-state index in [1.54, 1.807) is 19.2 Å². The lowest BCUT2D eigenvalue weighted by Gasteiger charge is -2.14. The van der Waals surface area contributed by atoms with Crippen LogP contribution in [0.2, 0.25) is 0 Å². The van der Waals surface area contributed by atoms with Gasteiger partial charge in [-0.2, -0.15) is 0 Å². The molecule has 3 N–H and O–H groups in total. The molecule has 0 atom stereocenters. The van der Waals surface area contributed by atoms with E-state index in [-0.39, 0.29) is 11.7 Å². The molecular weight excluding hydrogens is 348 g/mol. The van der Waals surface area contributed by atoms with Gasteiger partial charge in [0.25, 0.3) is 5.91 Å². The molecule has 146 valence electrons. The van der Waals surface area contributed by atoms with Gasteiger partial charge in [0.2, 0.25) is 0 Å². The third-order valence-corrected chi connectivity index (χ3v) is 3.48. The van der Waals surface area contributed by atoms with Gasteiger partial charge in [-0.3, -0.25) is 9.79 Å².